The molecule has 1 aromatic heterocycles. The highest BCUT2D eigenvalue weighted by Crippen LogP contribution is 2.11. The normalized spacial score (nSPS) is 11.5. The van der Waals surface area contributed by atoms with Crippen molar-refractivity contribution in [3.05, 3.63) is 48.0 Å². The van der Waals surface area contributed by atoms with Crippen LogP contribution in [0.2, 0.25) is 0 Å². The van der Waals surface area contributed by atoms with Gasteiger partial charge >= 0.3 is 5.97 Å². The molecular formula is C12H12N4O3. The number of nitrogens with zero attached hydrogens (tertiary/aromatic N) is 3. The zero-order valence-corrected chi connectivity index (χ0v) is 9.89. The number of benzene rings is 1. The first-order valence-corrected chi connectivity index (χ1v) is 5.43. The number of hydrogen-bond donors (Lipinski definition) is 3. The maximum atomic E-state index is 10.6. The van der Waals surface area contributed by atoms with E-state index in [0.717, 1.165) is 5.69 Å². The number of oxime groups is 1. The van der Waals surface area contributed by atoms with Crippen molar-refractivity contribution < 1.29 is 15.1 Å². The summed E-state index contributed by atoms with van der Waals surface area (Å²) in [7, 11) is 0. The van der Waals surface area contributed by atoms with Crippen LogP contribution in [0.4, 0.5) is 0 Å². The van der Waals surface area contributed by atoms with E-state index in [9.17, 15) is 4.79 Å². The fourth-order valence-electron chi connectivity index (χ4n) is 1.61. The van der Waals surface area contributed by atoms with Gasteiger partial charge in [0.25, 0.3) is 0 Å². The Bertz CT molecular complexity index is 616. The standard InChI is InChI=1S/C12H12N4O3/c13-12(15-19)8-1-3-10(4-2-8)16-6-9(14-7-16)5-11(17)18/h1-4,6-7,19H,5H2,(H2,13,15)(H,17,18). The molecule has 2 rings (SSSR count). The van der Waals surface area contributed by atoms with E-state index in [0.29, 0.717) is 11.3 Å². The molecule has 0 aliphatic heterocycles. The van der Waals surface area contributed by atoms with Gasteiger partial charge in [-0.15, -0.1) is 0 Å². The SMILES string of the molecule is NC(=NO)c1ccc(-n2cnc(CC(=O)O)c2)cc1. The summed E-state index contributed by atoms with van der Waals surface area (Å²) in [5.74, 6) is -0.892. The lowest BCUT2D eigenvalue weighted by molar-refractivity contribution is -0.136. The predicted octanol–water partition coefficient (Wildman–Crippen LogP) is 0.594. The molecule has 0 spiro atoms. The largest absolute Gasteiger partial charge is 0.481 e. The fraction of sp³-hybridized carbons (Fsp3) is 0.0833. The molecule has 0 amide bonds. The number of nitrogens with two attached hydrogens (primary N) is 1. The van der Waals surface area contributed by atoms with Crippen molar-refractivity contribution in [1.29, 1.82) is 0 Å². The van der Waals surface area contributed by atoms with Crippen LogP contribution in [0.15, 0.2) is 41.9 Å². The van der Waals surface area contributed by atoms with Gasteiger partial charge in [-0.3, -0.25) is 4.79 Å². The number of imidazole rings is 1. The molecule has 0 fully saturated rings. The zero-order valence-electron chi connectivity index (χ0n) is 9.89. The van der Waals surface area contributed by atoms with E-state index < -0.39 is 5.97 Å². The summed E-state index contributed by atoms with van der Waals surface area (Å²) in [4.78, 5) is 14.6. The predicted molar refractivity (Wildman–Crippen MR) is 67.4 cm³/mol. The summed E-state index contributed by atoms with van der Waals surface area (Å²) in [6, 6.07) is 6.92. The summed E-state index contributed by atoms with van der Waals surface area (Å²) in [6.07, 6.45) is 3.07. The molecule has 0 aliphatic rings. The van der Waals surface area contributed by atoms with Gasteiger partial charge in [0, 0.05) is 17.4 Å². The molecule has 0 saturated carbocycles. The van der Waals surface area contributed by atoms with E-state index in [4.69, 9.17) is 16.0 Å². The van der Waals surface area contributed by atoms with Crippen molar-refractivity contribution in [2.75, 3.05) is 0 Å². The minimum Gasteiger partial charge on any atom is -0.481 e. The topological polar surface area (TPSA) is 114 Å². The number of aliphatic carboxylic acids is 1. The molecule has 4 N–H and O–H groups in total. The Hall–Kier alpha value is -2.83. The molecule has 1 heterocycles. The summed E-state index contributed by atoms with van der Waals surface area (Å²) in [5, 5.41) is 20.1. The second-order valence-electron chi connectivity index (χ2n) is 3.87. The van der Waals surface area contributed by atoms with E-state index in [1.807, 2.05) is 0 Å². The van der Waals surface area contributed by atoms with Crippen LogP contribution in [-0.2, 0) is 11.2 Å². The van der Waals surface area contributed by atoms with Crippen LogP contribution in [-0.4, -0.2) is 31.7 Å². The summed E-state index contributed by atoms with van der Waals surface area (Å²) < 4.78 is 1.70. The third-order valence-corrected chi connectivity index (χ3v) is 2.54. The van der Waals surface area contributed by atoms with Gasteiger partial charge in [0.15, 0.2) is 5.84 Å². The van der Waals surface area contributed by atoms with Crippen LogP contribution in [0.25, 0.3) is 5.69 Å². The van der Waals surface area contributed by atoms with E-state index in [2.05, 4.69) is 10.1 Å². The first-order chi connectivity index (χ1) is 9.10. The van der Waals surface area contributed by atoms with Crippen LogP contribution in [0.5, 0.6) is 0 Å². The summed E-state index contributed by atoms with van der Waals surface area (Å²) in [5.41, 5.74) is 7.34. The van der Waals surface area contributed by atoms with Gasteiger partial charge in [0.05, 0.1) is 18.4 Å². The van der Waals surface area contributed by atoms with Crippen molar-refractivity contribution >= 4 is 11.8 Å². The number of carboxylic acid groups (broad SMARTS) is 1. The lowest BCUT2D eigenvalue weighted by Crippen LogP contribution is -2.12. The van der Waals surface area contributed by atoms with Crippen LogP contribution in [0.3, 0.4) is 0 Å². The number of amidine groups is 1. The first kappa shape index (κ1) is 12.6. The number of hydrogen-bond acceptors (Lipinski definition) is 4. The highest BCUT2D eigenvalue weighted by molar-refractivity contribution is 5.97. The van der Waals surface area contributed by atoms with Gasteiger partial charge in [0.1, 0.15) is 0 Å². The van der Waals surface area contributed by atoms with Gasteiger partial charge in [-0.25, -0.2) is 4.98 Å². The third kappa shape index (κ3) is 2.89. The number of rotatable bonds is 4. The molecule has 1 aromatic carbocycles. The molecule has 0 atom stereocenters. The maximum absolute atomic E-state index is 10.6. The monoisotopic (exact) mass is 260 g/mol. The lowest BCUT2D eigenvalue weighted by atomic mass is 10.2. The Morgan fingerprint density at radius 3 is 2.63 bits per heavy atom. The highest BCUT2D eigenvalue weighted by atomic mass is 16.4. The number of carbonyl (C=O) groups is 1. The van der Waals surface area contributed by atoms with Crippen molar-refractivity contribution in [3.63, 3.8) is 0 Å². The van der Waals surface area contributed by atoms with E-state index in [1.54, 1.807) is 35.0 Å². The van der Waals surface area contributed by atoms with E-state index >= 15 is 0 Å². The van der Waals surface area contributed by atoms with Gasteiger partial charge in [-0.2, -0.15) is 0 Å². The van der Waals surface area contributed by atoms with Gasteiger partial charge in [-0.1, -0.05) is 5.16 Å². The summed E-state index contributed by atoms with van der Waals surface area (Å²) in [6.45, 7) is 0. The Morgan fingerprint density at radius 1 is 1.37 bits per heavy atom. The Balaban J connectivity index is 2.22. The van der Waals surface area contributed by atoms with Crippen molar-refractivity contribution in [1.82, 2.24) is 9.55 Å². The molecule has 0 saturated heterocycles. The van der Waals surface area contributed by atoms with Crippen molar-refractivity contribution in [2.24, 2.45) is 10.9 Å². The first-order valence-electron chi connectivity index (χ1n) is 5.43. The van der Waals surface area contributed by atoms with Crippen LogP contribution in [0, 0.1) is 0 Å². The van der Waals surface area contributed by atoms with Gasteiger partial charge in [-0.05, 0) is 24.3 Å². The van der Waals surface area contributed by atoms with Crippen molar-refractivity contribution in [3.8, 4) is 5.69 Å². The molecule has 0 unspecified atom stereocenters. The second-order valence-corrected chi connectivity index (χ2v) is 3.87. The minimum absolute atomic E-state index is 0.0312. The van der Waals surface area contributed by atoms with Crippen LogP contribution < -0.4 is 5.73 Å². The molecule has 98 valence electrons. The smallest absolute Gasteiger partial charge is 0.309 e. The quantitative estimate of drug-likeness (QED) is 0.322. The zero-order chi connectivity index (χ0) is 13.8. The van der Waals surface area contributed by atoms with E-state index in [1.165, 1.54) is 6.33 Å². The Morgan fingerprint density at radius 2 is 2.05 bits per heavy atom. The van der Waals surface area contributed by atoms with Crippen LogP contribution in [0.1, 0.15) is 11.3 Å². The van der Waals surface area contributed by atoms with Crippen LogP contribution >= 0.6 is 0 Å². The minimum atomic E-state index is -0.924. The van der Waals surface area contributed by atoms with Gasteiger partial charge in [0.2, 0.25) is 0 Å². The Kier molecular flexibility index (Phi) is 3.46. The molecule has 7 heteroatoms. The molecule has 19 heavy (non-hydrogen) atoms. The summed E-state index contributed by atoms with van der Waals surface area (Å²) >= 11 is 0. The fourth-order valence-corrected chi connectivity index (χ4v) is 1.61. The average Bonchev–Trinajstić information content (AvgIpc) is 2.85. The third-order valence-electron chi connectivity index (χ3n) is 2.54. The van der Waals surface area contributed by atoms with E-state index in [-0.39, 0.29) is 12.3 Å². The molecule has 2 aromatic rings. The molecule has 7 nitrogen and oxygen atoms in total. The molecule has 0 aliphatic carbocycles. The number of carboxylic acids is 1. The molecule has 0 radical (unpaired) electrons. The molecular weight excluding hydrogens is 248 g/mol. The maximum Gasteiger partial charge on any atom is 0.309 e. The van der Waals surface area contributed by atoms with Gasteiger partial charge < -0.3 is 20.6 Å². The Labute approximate surface area is 108 Å². The second kappa shape index (κ2) is 5.21. The lowest BCUT2D eigenvalue weighted by Gasteiger charge is -2.03. The average molecular weight is 260 g/mol. The molecule has 0 bridgehead atoms. The van der Waals surface area contributed by atoms with Crippen molar-refractivity contribution in [2.45, 2.75) is 6.42 Å². The number of aromatic nitrogens is 2. The highest BCUT2D eigenvalue weighted by Gasteiger charge is 2.05.